The highest BCUT2D eigenvalue weighted by Gasteiger charge is 2.25. The van der Waals surface area contributed by atoms with Gasteiger partial charge in [-0.25, -0.2) is 4.79 Å². The number of rotatable bonds is 4. The van der Waals surface area contributed by atoms with E-state index in [0.717, 1.165) is 0 Å². The summed E-state index contributed by atoms with van der Waals surface area (Å²) in [6, 6.07) is 5.04. The lowest BCUT2D eigenvalue weighted by Crippen LogP contribution is -2.28. The largest absolute Gasteiger partial charge is 0.493 e. The monoisotopic (exact) mass is 279 g/mol. The van der Waals surface area contributed by atoms with E-state index in [1.807, 2.05) is 6.92 Å². The van der Waals surface area contributed by atoms with E-state index in [1.165, 1.54) is 7.11 Å². The molecule has 0 aliphatic rings. The van der Waals surface area contributed by atoms with Crippen LogP contribution in [0.3, 0.4) is 0 Å². The third kappa shape index (κ3) is 3.73. The highest BCUT2D eigenvalue weighted by molar-refractivity contribution is 6.04. The summed E-state index contributed by atoms with van der Waals surface area (Å²) in [6.45, 7) is 7.63. The normalized spacial score (nSPS) is 10.8. The summed E-state index contributed by atoms with van der Waals surface area (Å²) in [5.41, 5.74) is 0.0619. The zero-order valence-corrected chi connectivity index (χ0v) is 12.6. The van der Waals surface area contributed by atoms with Crippen molar-refractivity contribution >= 4 is 17.6 Å². The average molecular weight is 279 g/mol. The molecule has 0 radical (unpaired) electrons. The first-order chi connectivity index (χ1) is 9.31. The van der Waals surface area contributed by atoms with Gasteiger partial charge < -0.3 is 14.8 Å². The van der Waals surface area contributed by atoms with Gasteiger partial charge in [0, 0.05) is 5.41 Å². The SMILES string of the molecule is CCOc1cccc(NC(=O)C(C)(C)C)c1C(=O)OC. The highest BCUT2D eigenvalue weighted by Crippen LogP contribution is 2.29. The molecule has 20 heavy (non-hydrogen) atoms. The quantitative estimate of drug-likeness (QED) is 0.861. The van der Waals surface area contributed by atoms with E-state index in [4.69, 9.17) is 9.47 Å². The Morgan fingerprint density at radius 1 is 1.25 bits per heavy atom. The number of esters is 1. The van der Waals surface area contributed by atoms with Crippen LogP contribution < -0.4 is 10.1 Å². The fourth-order valence-corrected chi connectivity index (χ4v) is 1.53. The second-order valence-electron chi connectivity index (χ2n) is 5.31. The first-order valence-corrected chi connectivity index (χ1v) is 6.46. The van der Waals surface area contributed by atoms with E-state index < -0.39 is 11.4 Å². The molecule has 110 valence electrons. The Bertz CT molecular complexity index is 503. The Balaban J connectivity index is 3.21. The van der Waals surface area contributed by atoms with E-state index in [9.17, 15) is 9.59 Å². The second-order valence-corrected chi connectivity index (χ2v) is 5.31. The van der Waals surface area contributed by atoms with Crippen molar-refractivity contribution in [3.63, 3.8) is 0 Å². The zero-order chi connectivity index (χ0) is 15.3. The summed E-state index contributed by atoms with van der Waals surface area (Å²) in [5, 5.41) is 2.74. The van der Waals surface area contributed by atoms with Gasteiger partial charge in [0.2, 0.25) is 5.91 Å². The molecule has 0 bridgehead atoms. The van der Waals surface area contributed by atoms with Gasteiger partial charge in [0.15, 0.2) is 0 Å². The molecule has 1 rings (SSSR count). The summed E-state index contributed by atoms with van der Waals surface area (Å²) in [6.07, 6.45) is 0. The smallest absolute Gasteiger partial charge is 0.343 e. The summed E-state index contributed by atoms with van der Waals surface area (Å²) in [4.78, 5) is 24.0. The van der Waals surface area contributed by atoms with Gasteiger partial charge in [-0.1, -0.05) is 26.8 Å². The van der Waals surface area contributed by atoms with Crippen molar-refractivity contribution in [1.29, 1.82) is 0 Å². The van der Waals surface area contributed by atoms with Crippen LogP contribution in [0.4, 0.5) is 5.69 Å². The molecule has 0 aromatic heterocycles. The summed E-state index contributed by atoms with van der Waals surface area (Å²) >= 11 is 0. The number of methoxy groups -OCH3 is 1. The Morgan fingerprint density at radius 2 is 1.90 bits per heavy atom. The Kier molecular flexibility index (Phi) is 5.13. The number of benzene rings is 1. The molecule has 0 saturated heterocycles. The van der Waals surface area contributed by atoms with Gasteiger partial charge in [0.25, 0.3) is 0 Å². The van der Waals surface area contributed by atoms with Gasteiger partial charge in [0.05, 0.1) is 19.4 Å². The third-order valence-electron chi connectivity index (χ3n) is 2.64. The number of carbonyl (C=O) groups excluding carboxylic acids is 2. The van der Waals surface area contributed by atoms with Crippen LogP contribution in [0.1, 0.15) is 38.1 Å². The zero-order valence-electron chi connectivity index (χ0n) is 12.6. The first-order valence-electron chi connectivity index (χ1n) is 6.46. The standard InChI is InChI=1S/C15H21NO4/c1-6-20-11-9-7-8-10(12(11)13(17)19-5)16-14(18)15(2,3)4/h7-9H,6H2,1-5H3,(H,16,18). The van der Waals surface area contributed by atoms with E-state index in [1.54, 1.807) is 39.0 Å². The topological polar surface area (TPSA) is 64.6 Å². The van der Waals surface area contributed by atoms with Crippen LogP contribution in [0.5, 0.6) is 5.75 Å². The maximum atomic E-state index is 12.1. The Hall–Kier alpha value is -2.04. The molecule has 1 N–H and O–H groups in total. The third-order valence-corrected chi connectivity index (χ3v) is 2.64. The predicted octanol–water partition coefficient (Wildman–Crippen LogP) is 2.86. The van der Waals surface area contributed by atoms with Crippen LogP contribution in [0, 0.1) is 5.41 Å². The van der Waals surface area contributed by atoms with E-state index in [-0.39, 0.29) is 11.5 Å². The molecule has 1 aromatic carbocycles. The second kappa shape index (κ2) is 6.41. The maximum Gasteiger partial charge on any atom is 0.343 e. The molecule has 0 aliphatic carbocycles. The molecule has 0 fully saturated rings. The summed E-state index contributed by atoms with van der Waals surface area (Å²) < 4.78 is 10.2. The van der Waals surface area contributed by atoms with Crippen LogP contribution in [0.15, 0.2) is 18.2 Å². The van der Waals surface area contributed by atoms with Crippen LogP contribution in [0.25, 0.3) is 0 Å². The number of ether oxygens (including phenoxy) is 2. The van der Waals surface area contributed by atoms with Crippen molar-refractivity contribution in [2.75, 3.05) is 19.0 Å². The van der Waals surface area contributed by atoms with Crippen molar-refractivity contribution in [2.24, 2.45) is 5.41 Å². The lowest BCUT2D eigenvalue weighted by Gasteiger charge is -2.20. The molecule has 0 heterocycles. The molecule has 1 aromatic rings. The molecule has 0 aliphatic heterocycles. The van der Waals surface area contributed by atoms with Gasteiger partial charge in [-0.3, -0.25) is 4.79 Å². The van der Waals surface area contributed by atoms with Crippen molar-refractivity contribution in [3.8, 4) is 5.75 Å². The average Bonchev–Trinajstić information content (AvgIpc) is 2.37. The van der Waals surface area contributed by atoms with Gasteiger partial charge in [-0.2, -0.15) is 0 Å². The number of carbonyl (C=O) groups is 2. The molecule has 5 nitrogen and oxygen atoms in total. The van der Waals surface area contributed by atoms with Crippen LogP contribution in [-0.4, -0.2) is 25.6 Å². The van der Waals surface area contributed by atoms with E-state index >= 15 is 0 Å². The summed E-state index contributed by atoms with van der Waals surface area (Å²) in [7, 11) is 1.29. The number of nitrogens with one attached hydrogen (secondary N) is 1. The molecule has 1 amide bonds. The molecule has 0 unspecified atom stereocenters. The van der Waals surface area contributed by atoms with Crippen LogP contribution in [0.2, 0.25) is 0 Å². The fraction of sp³-hybridized carbons (Fsp3) is 0.467. The van der Waals surface area contributed by atoms with Crippen molar-refractivity contribution in [3.05, 3.63) is 23.8 Å². The minimum Gasteiger partial charge on any atom is -0.493 e. The molecule has 0 atom stereocenters. The minimum atomic E-state index is -0.561. The summed E-state index contributed by atoms with van der Waals surface area (Å²) in [5.74, 6) is -0.333. The highest BCUT2D eigenvalue weighted by atomic mass is 16.5. The van der Waals surface area contributed by atoms with Crippen molar-refractivity contribution in [2.45, 2.75) is 27.7 Å². The lowest BCUT2D eigenvalue weighted by atomic mass is 9.95. The van der Waals surface area contributed by atoms with Gasteiger partial charge >= 0.3 is 5.97 Å². The first kappa shape index (κ1) is 16.0. The number of hydrogen-bond acceptors (Lipinski definition) is 4. The van der Waals surface area contributed by atoms with Gasteiger partial charge in [0.1, 0.15) is 11.3 Å². The van der Waals surface area contributed by atoms with E-state index in [0.29, 0.717) is 18.0 Å². The molecular formula is C15H21NO4. The van der Waals surface area contributed by atoms with Crippen LogP contribution >= 0.6 is 0 Å². The number of hydrogen-bond donors (Lipinski definition) is 1. The predicted molar refractivity (Wildman–Crippen MR) is 77.0 cm³/mol. The van der Waals surface area contributed by atoms with Gasteiger partial charge in [-0.15, -0.1) is 0 Å². The molecule has 0 spiro atoms. The minimum absolute atomic E-state index is 0.184. The number of anilines is 1. The molecular weight excluding hydrogens is 258 g/mol. The fourth-order valence-electron chi connectivity index (χ4n) is 1.53. The maximum absolute atomic E-state index is 12.1. The lowest BCUT2D eigenvalue weighted by molar-refractivity contribution is -0.123. The Labute approximate surface area is 119 Å². The van der Waals surface area contributed by atoms with Crippen LogP contribution in [-0.2, 0) is 9.53 Å². The number of amides is 1. The van der Waals surface area contributed by atoms with Crippen molar-refractivity contribution < 1.29 is 19.1 Å². The Morgan fingerprint density at radius 3 is 2.40 bits per heavy atom. The van der Waals surface area contributed by atoms with E-state index in [2.05, 4.69) is 5.32 Å². The van der Waals surface area contributed by atoms with Crippen molar-refractivity contribution in [1.82, 2.24) is 0 Å². The molecule has 0 saturated carbocycles. The molecule has 5 heteroatoms. The van der Waals surface area contributed by atoms with Gasteiger partial charge in [-0.05, 0) is 19.1 Å².